The SMILES string of the molecule is CCC1c2c(c(N)nn2C)CN1Cc1ccccc1. The third-order valence-electron chi connectivity index (χ3n) is 3.96. The van der Waals surface area contributed by atoms with Gasteiger partial charge >= 0.3 is 0 Å². The van der Waals surface area contributed by atoms with Gasteiger partial charge in [-0.05, 0) is 12.0 Å². The average Bonchev–Trinajstić information content (AvgIpc) is 2.90. The van der Waals surface area contributed by atoms with Crippen LogP contribution < -0.4 is 5.73 Å². The van der Waals surface area contributed by atoms with Gasteiger partial charge in [0.2, 0.25) is 0 Å². The summed E-state index contributed by atoms with van der Waals surface area (Å²) in [5, 5.41) is 4.34. The number of nitrogen functional groups attached to an aromatic ring is 1. The van der Waals surface area contributed by atoms with Gasteiger partial charge in [-0.2, -0.15) is 5.10 Å². The first-order chi connectivity index (χ1) is 9.20. The van der Waals surface area contributed by atoms with Crippen LogP contribution in [-0.4, -0.2) is 14.7 Å². The van der Waals surface area contributed by atoms with E-state index >= 15 is 0 Å². The van der Waals surface area contributed by atoms with Crippen molar-refractivity contribution in [3.63, 3.8) is 0 Å². The molecule has 0 saturated heterocycles. The van der Waals surface area contributed by atoms with Gasteiger partial charge < -0.3 is 5.73 Å². The monoisotopic (exact) mass is 256 g/mol. The van der Waals surface area contributed by atoms with E-state index < -0.39 is 0 Å². The quantitative estimate of drug-likeness (QED) is 0.917. The molecule has 1 atom stereocenters. The van der Waals surface area contributed by atoms with Gasteiger partial charge in [-0.15, -0.1) is 0 Å². The second-order valence-corrected chi connectivity index (χ2v) is 5.19. The van der Waals surface area contributed by atoms with Crippen molar-refractivity contribution < 1.29 is 0 Å². The molecule has 19 heavy (non-hydrogen) atoms. The van der Waals surface area contributed by atoms with Gasteiger partial charge in [0.15, 0.2) is 0 Å². The molecule has 0 saturated carbocycles. The minimum absolute atomic E-state index is 0.421. The van der Waals surface area contributed by atoms with Crippen LogP contribution >= 0.6 is 0 Å². The van der Waals surface area contributed by atoms with Crippen LogP contribution in [0.5, 0.6) is 0 Å². The third-order valence-corrected chi connectivity index (χ3v) is 3.96. The van der Waals surface area contributed by atoms with Crippen LogP contribution in [-0.2, 0) is 20.1 Å². The molecule has 1 aromatic carbocycles. The summed E-state index contributed by atoms with van der Waals surface area (Å²) < 4.78 is 1.95. The molecule has 2 aromatic rings. The fourth-order valence-corrected chi connectivity index (χ4v) is 3.10. The van der Waals surface area contributed by atoms with E-state index in [0.717, 1.165) is 19.5 Å². The van der Waals surface area contributed by atoms with Crippen molar-refractivity contribution in [2.45, 2.75) is 32.5 Å². The van der Waals surface area contributed by atoms with Gasteiger partial charge in [0, 0.05) is 25.7 Å². The normalized spacial score (nSPS) is 18.7. The Morgan fingerprint density at radius 1 is 1.32 bits per heavy atom. The Morgan fingerprint density at radius 3 is 2.74 bits per heavy atom. The lowest BCUT2D eigenvalue weighted by Crippen LogP contribution is -2.23. The molecule has 3 rings (SSSR count). The zero-order valence-electron chi connectivity index (χ0n) is 11.5. The summed E-state index contributed by atoms with van der Waals surface area (Å²) in [4.78, 5) is 2.48. The Hall–Kier alpha value is -1.81. The Labute approximate surface area is 113 Å². The molecule has 0 amide bonds. The second-order valence-electron chi connectivity index (χ2n) is 5.19. The first-order valence-corrected chi connectivity index (χ1v) is 6.80. The highest BCUT2D eigenvalue weighted by molar-refractivity contribution is 5.46. The lowest BCUT2D eigenvalue weighted by Gasteiger charge is -2.24. The molecule has 1 aromatic heterocycles. The average molecular weight is 256 g/mol. The molecule has 1 aliphatic rings. The highest BCUT2D eigenvalue weighted by Crippen LogP contribution is 2.38. The van der Waals surface area contributed by atoms with Crippen molar-refractivity contribution in [1.82, 2.24) is 14.7 Å². The molecule has 0 aliphatic carbocycles. The standard InChI is InChI=1S/C15H20N4/c1-3-13-14-12(15(16)17-18(14)2)10-19(13)9-11-7-5-4-6-8-11/h4-8,13H,3,9-10H2,1-2H3,(H2,16,17). The first kappa shape index (κ1) is 12.2. The maximum atomic E-state index is 6.01. The Morgan fingerprint density at radius 2 is 2.05 bits per heavy atom. The minimum atomic E-state index is 0.421. The minimum Gasteiger partial charge on any atom is -0.382 e. The van der Waals surface area contributed by atoms with Gasteiger partial charge in [0.1, 0.15) is 5.82 Å². The van der Waals surface area contributed by atoms with Crippen LogP contribution in [0, 0.1) is 0 Å². The Kier molecular flexibility index (Phi) is 3.03. The molecule has 0 spiro atoms. The smallest absolute Gasteiger partial charge is 0.150 e. The molecule has 2 N–H and O–H groups in total. The lowest BCUT2D eigenvalue weighted by atomic mass is 10.1. The number of anilines is 1. The molecule has 4 nitrogen and oxygen atoms in total. The number of aromatic nitrogens is 2. The number of fused-ring (bicyclic) bond motifs is 1. The number of hydrogen-bond donors (Lipinski definition) is 1. The summed E-state index contributed by atoms with van der Waals surface area (Å²) in [6.07, 6.45) is 1.08. The molecule has 0 bridgehead atoms. The van der Waals surface area contributed by atoms with E-state index in [9.17, 15) is 0 Å². The molecular weight excluding hydrogens is 236 g/mol. The summed E-state index contributed by atoms with van der Waals surface area (Å²) in [5.74, 6) is 0.687. The largest absolute Gasteiger partial charge is 0.382 e. The lowest BCUT2D eigenvalue weighted by molar-refractivity contribution is 0.194. The predicted octanol–water partition coefficient (Wildman–Crippen LogP) is 2.47. The number of nitrogens with zero attached hydrogens (tertiary/aromatic N) is 3. The molecule has 4 heteroatoms. The zero-order valence-corrected chi connectivity index (χ0v) is 11.5. The van der Waals surface area contributed by atoms with Crippen LogP contribution in [0.1, 0.15) is 36.2 Å². The van der Waals surface area contributed by atoms with Gasteiger partial charge in [0.25, 0.3) is 0 Å². The first-order valence-electron chi connectivity index (χ1n) is 6.80. The zero-order chi connectivity index (χ0) is 13.4. The summed E-state index contributed by atoms with van der Waals surface area (Å²) in [6.45, 7) is 4.09. The van der Waals surface area contributed by atoms with E-state index in [1.54, 1.807) is 0 Å². The van der Waals surface area contributed by atoms with Gasteiger partial charge in [0.05, 0.1) is 11.7 Å². The summed E-state index contributed by atoms with van der Waals surface area (Å²) in [7, 11) is 1.99. The van der Waals surface area contributed by atoms with Gasteiger partial charge in [-0.25, -0.2) is 0 Å². The van der Waals surface area contributed by atoms with Crippen LogP contribution in [0.4, 0.5) is 5.82 Å². The number of benzene rings is 1. The molecule has 1 unspecified atom stereocenters. The maximum Gasteiger partial charge on any atom is 0.150 e. The number of hydrogen-bond acceptors (Lipinski definition) is 3. The summed E-state index contributed by atoms with van der Waals surface area (Å²) in [6, 6.07) is 11.0. The van der Waals surface area contributed by atoms with E-state index in [4.69, 9.17) is 5.73 Å². The van der Waals surface area contributed by atoms with Crippen LogP contribution in [0.2, 0.25) is 0 Å². The molecule has 0 fully saturated rings. The summed E-state index contributed by atoms with van der Waals surface area (Å²) >= 11 is 0. The van der Waals surface area contributed by atoms with Crippen molar-refractivity contribution in [2.24, 2.45) is 7.05 Å². The van der Waals surface area contributed by atoms with E-state index in [1.165, 1.54) is 16.8 Å². The Bertz CT molecular complexity index is 573. The number of aryl methyl sites for hydroxylation is 1. The molecule has 100 valence electrons. The van der Waals surface area contributed by atoms with Crippen LogP contribution in [0.25, 0.3) is 0 Å². The van der Waals surface area contributed by atoms with Crippen molar-refractivity contribution in [3.8, 4) is 0 Å². The van der Waals surface area contributed by atoms with Crippen molar-refractivity contribution in [1.29, 1.82) is 0 Å². The van der Waals surface area contributed by atoms with Crippen molar-refractivity contribution in [2.75, 3.05) is 5.73 Å². The van der Waals surface area contributed by atoms with Crippen LogP contribution in [0.15, 0.2) is 30.3 Å². The highest BCUT2D eigenvalue weighted by atomic mass is 15.3. The van der Waals surface area contributed by atoms with Crippen LogP contribution in [0.3, 0.4) is 0 Å². The topological polar surface area (TPSA) is 47.1 Å². The van der Waals surface area contributed by atoms with Crippen molar-refractivity contribution >= 4 is 5.82 Å². The second kappa shape index (κ2) is 4.70. The number of nitrogens with two attached hydrogens (primary N) is 1. The van der Waals surface area contributed by atoms with Gasteiger partial charge in [-0.3, -0.25) is 9.58 Å². The van der Waals surface area contributed by atoms with E-state index in [2.05, 4.69) is 47.3 Å². The Balaban J connectivity index is 1.88. The molecule has 2 heterocycles. The maximum absolute atomic E-state index is 6.01. The molecule has 0 radical (unpaired) electrons. The molecule has 1 aliphatic heterocycles. The number of rotatable bonds is 3. The summed E-state index contributed by atoms with van der Waals surface area (Å²) in [5.41, 5.74) is 9.86. The van der Waals surface area contributed by atoms with E-state index in [0.29, 0.717) is 11.9 Å². The predicted molar refractivity (Wildman–Crippen MR) is 76.3 cm³/mol. The third kappa shape index (κ3) is 2.02. The van der Waals surface area contributed by atoms with E-state index in [-0.39, 0.29) is 0 Å². The van der Waals surface area contributed by atoms with Crippen molar-refractivity contribution in [3.05, 3.63) is 47.2 Å². The van der Waals surface area contributed by atoms with Gasteiger partial charge in [-0.1, -0.05) is 37.3 Å². The van der Waals surface area contributed by atoms with E-state index in [1.807, 2.05) is 11.7 Å². The molecular formula is C15H20N4. The fourth-order valence-electron chi connectivity index (χ4n) is 3.10. The highest BCUT2D eigenvalue weighted by Gasteiger charge is 2.34. The fraction of sp³-hybridized carbons (Fsp3) is 0.400.